The quantitative estimate of drug-likeness (QED) is 0.841. The zero-order valence-electron chi connectivity index (χ0n) is 9.85. The van der Waals surface area contributed by atoms with Gasteiger partial charge < -0.3 is 15.2 Å². The van der Waals surface area contributed by atoms with Crippen LogP contribution in [0.2, 0.25) is 0 Å². The van der Waals surface area contributed by atoms with E-state index in [4.69, 9.17) is 15.2 Å². The third-order valence-electron chi connectivity index (χ3n) is 2.81. The maximum Gasteiger partial charge on any atom is 0.239 e. The van der Waals surface area contributed by atoms with Gasteiger partial charge in [0.25, 0.3) is 0 Å². The molecule has 0 bridgehead atoms. The highest BCUT2D eigenvalue weighted by atomic mass is 16.6. The lowest BCUT2D eigenvalue weighted by Gasteiger charge is -2.18. The van der Waals surface area contributed by atoms with Gasteiger partial charge in [-0.15, -0.1) is 5.10 Å². The molecule has 2 aromatic rings. The van der Waals surface area contributed by atoms with E-state index in [1.54, 1.807) is 0 Å². The Hall–Kier alpha value is -2.24. The third-order valence-corrected chi connectivity index (χ3v) is 2.81. The van der Waals surface area contributed by atoms with Crippen LogP contribution >= 0.6 is 0 Å². The maximum absolute atomic E-state index is 5.54. The number of nitrogen functional groups attached to an aromatic ring is 1. The Morgan fingerprint density at radius 1 is 1.17 bits per heavy atom. The Kier molecular flexibility index (Phi) is 2.76. The molecule has 0 saturated heterocycles. The van der Waals surface area contributed by atoms with Gasteiger partial charge in [0.1, 0.15) is 19.0 Å². The van der Waals surface area contributed by atoms with Crippen molar-refractivity contribution in [1.82, 2.24) is 15.2 Å². The van der Waals surface area contributed by atoms with Crippen molar-refractivity contribution in [2.75, 3.05) is 18.9 Å². The molecule has 0 spiro atoms. The zero-order valence-corrected chi connectivity index (χ0v) is 9.85. The van der Waals surface area contributed by atoms with Crippen molar-refractivity contribution < 1.29 is 9.47 Å². The highest BCUT2D eigenvalue weighted by Crippen LogP contribution is 2.30. The van der Waals surface area contributed by atoms with E-state index in [-0.39, 0.29) is 5.95 Å². The number of aryl methyl sites for hydroxylation is 2. The summed E-state index contributed by atoms with van der Waals surface area (Å²) in [5.41, 5.74) is 6.62. The summed E-state index contributed by atoms with van der Waals surface area (Å²) in [6.45, 7) is 1.22. The number of nitrogens with zero attached hydrogens (tertiary/aromatic N) is 2. The number of rotatable bonds is 3. The molecular formula is C12H14N4O2. The Morgan fingerprint density at radius 2 is 2.00 bits per heavy atom. The fraction of sp³-hybridized carbons (Fsp3) is 0.333. The van der Waals surface area contributed by atoms with E-state index >= 15 is 0 Å². The molecule has 1 aromatic heterocycles. The van der Waals surface area contributed by atoms with Crippen molar-refractivity contribution in [3.8, 4) is 11.5 Å². The number of hydrogen-bond acceptors (Lipinski definition) is 5. The SMILES string of the molecule is Nc1n[nH]c(CCc2ccc3c(c2)OCCO3)n1. The van der Waals surface area contributed by atoms with Crippen molar-refractivity contribution >= 4 is 5.95 Å². The molecule has 94 valence electrons. The molecule has 6 nitrogen and oxygen atoms in total. The Morgan fingerprint density at radius 3 is 2.78 bits per heavy atom. The van der Waals surface area contributed by atoms with Crippen molar-refractivity contribution in [2.24, 2.45) is 0 Å². The van der Waals surface area contributed by atoms with E-state index in [9.17, 15) is 0 Å². The number of benzene rings is 1. The smallest absolute Gasteiger partial charge is 0.239 e. The Balaban J connectivity index is 1.69. The minimum atomic E-state index is 0.284. The van der Waals surface area contributed by atoms with Crippen LogP contribution in [0, 0.1) is 0 Å². The van der Waals surface area contributed by atoms with Gasteiger partial charge in [-0.1, -0.05) is 6.07 Å². The number of nitrogens with two attached hydrogens (primary N) is 1. The molecule has 3 N–H and O–H groups in total. The number of ether oxygens (including phenoxy) is 2. The molecule has 1 aromatic carbocycles. The van der Waals surface area contributed by atoms with E-state index in [1.807, 2.05) is 18.2 Å². The lowest BCUT2D eigenvalue weighted by Crippen LogP contribution is -2.15. The minimum Gasteiger partial charge on any atom is -0.486 e. The molecular weight excluding hydrogens is 232 g/mol. The summed E-state index contributed by atoms with van der Waals surface area (Å²) in [5, 5.41) is 6.59. The highest BCUT2D eigenvalue weighted by molar-refractivity contribution is 5.43. The van der Waals surface area contributed by atoms with E-state index in [1.165, 1.54) is 5.56 Å². The summed E-state index contributed by atoms with van der Waals surface area (Å²) in [6.07, 6.45) is 1.62. The average Bonchev–Trinajstić information content (AvgIpc) is 2.82. The van der Waals surface area contributed by atoms with Crippen LogP contribution in [0.25, 0.3) is 0 Å². The van der Waals surface area contributed by atoms with Gasteiger partial charge in [-0.3, -0.25) is 5.10 Å². The standard InChI is InChI=1S/C12H14N4O2/c13-12-14-11(15-16-12)4-2-8-1-3-9-10(7-8)18-6-5-17-9/h1,3,7H,2,4-6H2,(H3,13,14,15,16). The first kappa shape index (κ1) is 10.9. The first-order valence-corrected chi connectivity index (χ1v) is 5.86. The van der Waals surface area contributed by atoms with Gasteiger partial charge in [-0.2, -0.15) is 4.98 Å². The molecule has 18 heavy (non-hydrogen) atoms. The summed E-state index contributed by atoms with van der Waals surface area (Å²) in [4.78, 5) is 4.07. The number of nitrogens with one attached hydrogen (secondary N) is 1. The number of aromatic amines is 1. The van der Waals surface area contributed by atoms with Crippen LogP contribution in [-0.2, 0) is 12.8 Å². The van der Waals surface area contributed by atoms with E-state index < -0.39 is 0 Å². The zero-order chi connectivity index (χ0) is 12.4. The van der Waals surface area contributed by atoms with Gasteiger partial charge in [-0.05, 0) is 24.1 Å². The summed E-state index contributed by atoms with van der Waals surface area (Å²) in [7, 11) is 0. The minimum absolute atomic E-state index is 0.284. The topological polar surface area (TPSA) is 86.0 Å². The maximum atomic E-state index is 5.54. The fourth-order valence-electron chi connectivity index (χ4n) is 1.93. The van der Waals surface area contributed by atoms with Crippen LogP contribution in [0.15, 0.2) is 18.2 Å². The number of hydrogen-bond donors (Lipinski definition) is 2. The van der Waals surface area contributed by atoms with Gasteiger partial charge in [0.05, 0.1) is 0 Å². The van der Waals surface area contributed by atoms with Crippen LogP contribution < -0.4 is 15.2 Å². The number of aromatic nitrogens is 3. The van der Waals surface area contributed by atoms with Gasteiger partial charge in [0.15, 0.2) is 11.5 Å². The molecule has 6 heteroatoms. The molecule has 0 aliphatic carbocycles. The molecule has 0 amide bonds. The molecule has 0 saturated carbocycles. The molecule has 0 atom stereocenters. The number of anilines is 1. The molecule has 0 fully saturated rings. The third kappa shape index (κ3) is 2.22. The predicted octanol–water partition coefficient (Wildman–Crippen LogP) is 0.943. The molecule has 1 aliphatic rings. The monoisotopic (exact) mass is 246 g/mol. The summed E-state index contributed by atoms with van der Waals surface area (Å²) >= 11 is 0. The second kappa shape index (κ2) is 4.56. The molecule has 3 rings (SSSR count). The largest absolute Gasteiger partial charge is 0.486 e. The lowest BCUT2D eigenvalue weighted by molar-refractivity contribution is 0.171. The normalized spacial score (nSPS) is 13.6. The van der Waals surface area contributed by atoms with Crippen LogP contribution in [0.1, 0.15) is 11.4 Å². The van der Waals surface area contributed by atoms with Crippen molar-refractivity contribution in [3.05, 3.63) is 29.6 Å². The highest BCUT2D eigenvalue weighted by Gasteiger charge is 2.11. The van der Waals surface area contributed by atoms with Crippen LogP contribution in [0.5, 0.6) is 11.5 Å². The molecule has 0 unspecified atom stereocenters. The first-order chi connectivity index (χ1) is 8.81. The number of fused-ring (bicyclic) bond motifs is 1. The van der Waals surface area contributed by atoms with E-state index in [2.05, 4.69) is 15.2 Å². The Bertz CT molecular complexity index is 553. The predicted molar refractivity (Wildman–Crippen MR) is 65.6 cm³/mol. The molecule has 2 heterocycles. The second-order valence-corrected chi connectivity index (χ2v) is 4.12. The van der Waals surface area contributed by atoms with Gasteiger partial charge in [0.2, 0.25) is 5.95 Å². The van der Waals surface area contributed by atoms with E-state index in [0.29, 0.717) is 13.2 Å². The van der Waals surface area contributed by atoms with E-state index in [0.717, 1.165) is 30.2 Å². The van der Waals surface area contributed by atoms with Crippen molar-refractivity contribution in [3.63, 3.8) is 0 Å². The van der Waals surface area contributed by atoms with Crippen LogP contribution in [0.4, 0.5) is 5.95 Å². The van der Waals surface area contributed by atoms with Crippen molar-refractivity contribution in [2.45, 2.75) is 12.8 Å². The summed E-state index contributed by atoms with van der Waals surface area (Å²) in [5.74, 6) is 2.71. The van der Waals surface area contributed by atoms with Gasteiger partial charge in [-0.25, -0.2) is 0 Å². The Labute approximate surface area is 104 Å². The summed E-state index contributed by atoms with van der Waals surface area (Å²) in [6, 6.07) is 5.99. The van der Waals surface area contributed by atoms with Gasteiger partial charge >= 0.3 is 0 Å². The average molecular weight is 246 g/mol. The number of H-pyrrole nitrogens is 1. The van der Waals surface area contributed by atoms with Crippen LogP contribution in [-0.4, -0.2) is 28.4 Å². The lowest BCUT2D eigenvalue weighted by atomic mass is 10.1. The molecule has 1 aliphatic heterocycles. The summed E-state index contributed by atoms with van der Waals surface area (Å²) < 4.78 is 11.0. The second-order valence-electron chi connectivity index (χ2n) is 4.12. The van der Waals surface area contributed by atoms with Crippen molar-refractivity contribution in [1.29, 1.82) is 0 Å². The first-order valence-electron chi connectivity index (χ1n) is 5.86. The van der Waals surface area contributed by atoms with Crippen LogP contribution in [0.3, 0.4) is 0 Å². The molecule has 0 radical (unpaired) electrons. The van der Waals surface area contributed by atoms with Gasteiger partial charge in [0, 0.05) is 6.42 Å². The fourth-order valence-corrected chi connectivity index (χ4v) is 1.93.